The average Bonchev–Trinajstić information content (AvgIpc) is 3.75. The molecule has 0 bridgehead atoms. The van der Waals surface area contributed by atoms with Crippen molar-refractivity contribution in [3.63, 3.8) is 0 Å². The van der Waals surface area contributed by atoms with E-state index in [2.05, 4.69) is 38.4 Å². The molecule has 8 nitrogen and oxygen atoms in total. The van der Waals surface area contributed by atoms with Crippen molar-refractivity contribution in [1.29, 1.82) is 0 Å². The molecule has 0 unspecified atom stereocenters. The van der Waals surface area contributed by atoms with E-state index in [0.29, 0.717) is 27.9 Å². The second-order valence-corrected chi connectivity index (χ2v) is 10.5. The van der Waals surface area contributed by atoms with Gasteiger partial charge in [0.25, 0.3) is 0 Å². The van der Waals surface area contributed by atoms with Crippen LogP contribution in [0.4, 0.5) is 0 Å². The summed E-state index contributed by atoms with van der Waals surface area (Å²) in [5, 5.41) is 18.1. The Kier molecular flexibility index (Phi) is 6.10. The molecule has 0 aliphatic carbocycles. The zero-order valence-electron chi connectivity index (χ0n) is 21.8. The van der Waals surface area contributed by atoms with E-state index in [9.17, 15) is 5.11 Å². The van der Waals surface area contributed by atoms with Crippen molar-refractivity contribution >= 4 is 44.9 Å². The molecular weight excluding hydrogens is 560 g/mol. The second kappa shape index (κ2) is 9.96. The van der Waals surface area contributed by atoms with Crippen LogP contribution < -0.4 is 9.47 Å². The minimum atomic E-state index is -0.0694. The molecule has 41 heavy (non-hydrogen) atoms. The first kappa shape index (κ1) is 25.1. The Hall–Kier alpha value is -4.86. The first-order valence-corrected chi connectivity index (χ1v) is 13.7. The third-order valence-electron chi connectivity index (χ3n) is 6.95. The van der Waals surface area contributed by atoms with E-state index >= 15 is 0 Å². The lowest BCUT2D eigenvalue weighted by atomic mass is 10.1. The van der Waals surface area contributed by atoms with Crippen LogP contribution in [0.25, 0.3) is 60.9 Å². The van der Waals surface area contributed by atoms with Crippen molar-refractivity contribution in [2.24, 2.45) is 0 Å². The number of hydrogen-bond donors (Lipinski definition) is 1. The average molecular weight is 581 g/mol. The van der Waals surface area contributed by atoms with Crippen molar-refractivity contribution in [3.05, 3.63) is 90.0 Å². The van der Waals surface area contributed by atoms with Crippen LogP contribution in [-0.4, -0.2) is 38.4 Å². The van der Waals surface area contributed by atoms with E-state index in [-0.39, 0.29) is 17.2 Å². The molecule has 0 atom stereocenters. The third-order valence-corrected chi connectivity index (χ3v) is 7.91. The molecular formula is C31H21ClN4O4S. The van der Waals surface area contributed by atoms with Crippen molar-refractivity contribution in [2.45, 2.75) is 0 Å². The zero-order chi connectivity index (χ0) is 28.1. The first-order valence-electron chi connectivity index (χ1n) is 12.6. The highest BCUT2D eigenvalue weighted by Crippen LogP contribution is 2.41. The maximum atomic E-state index is 10.3. The second-order valence-electron chi connectivity index (χ2n) is 9.30. The number of halogens is 1. The van der Waals surface area contributed by atoms with Gasteiger partial charge in [0.15, 0.2) is 23.1 Å². The molecule has 1 N–H and O–H groups in total. The van der Waals surface area contributed by atoms with Crippen LogP contribution in [0.1, 0.15) is 0 Å². The van der Waals surface area contributed by atoms with E-state index in [1.165, 1.54) is 25.8 Å². The molecule has 0 aliphatic heterocycles. The smallest absolute Gasteiger partial charge is 0.214 e. The highest BCUT2D eigenvalue weighted by atomic mass is 35.5. The predicted octanol–water partition coefficient (Wildman–Crippen LogP) is 8.00. The van der Waals surface area contributed by atoms with Gasteiger partial charge >= 0.3 is 0 Å². The van der Waals surface area contributed by atoms with Gasteiger partial charge in [-0.2, -0.15) is 9.36 Å². The summed E-state index contributed by atoms with van der Waals surface area (Å²) in [6.45, 7) is 0. The Balaban J connectivity index is 1.31. The predicted molar refractivity (Wildman–Crippen MR) is 160 cm³/mol. The van der Waals surface area contributed by atoms with Gasteiger partial charge in [-0.05, 0) is 60.7 Å². The molecule has 7 rings (SSSR count). The Labute approximate surface area is 243 Å². The minimum absolute atomic E-state index is 0.0694. The Morgan fingerprint density at radius 3 is 2.27 bits per heavy atom. The van der Waals surface area contributed by atoms with Gasteiger partial charge in [0.2, 0.25) is 10.9 Å². The topological polar surface area (TPSA) is 95.4 Å². The monoisotopic (exact) mass is 580 g/mol. The van der Waals surface area contributed by atoms with Crippen LogP contribution >= 0.6 is 23.1 Å². The van der Waals surface area contributed by atoms with Gasteiger partial charge in [-0.1, -0.05) is 35.0 Å². The Morgan fingerprint density at radius 1 is 0.805 bits per heavy atom. The molecule has 0 fully saturated rings. The molecule has 0 spiro atoms. The van der Waals surface area contributed by atoms with Crippen LogP contribution in [0.5, 0.6) is 17.2 Å². The van der Waals surface area contributed by atoms with Crippen molar-refractivity contribution in [1.82, 2.24) is 19.1 Å². The normalized spacial score (nSPS) is 11.4. The third kappa shape index (κ3) is 4.26. The minimum Gasteiger partial charge on any atom is -0.502 e. The molecule has 0 saturated carbocycles. The van der Waals surface area contributed by atoms with Crippen molar-refractivity contribution < 1.29 is 19.1 Å². The number of phenolic OH excluding ortho intramolecular Hbond substituents is 1. The molecule has 202 valence electrons. The summed E-state index contributed by atoms with van der Waals surface area (Å²) in [4.78, 5) is 4.87. The molecule has 0 saturated heterocycles. The van der Waals surface area contributed by atoms with Crippen LogP contribution in [0, 0.1) is 0 Å². The van der Waals surface area contributed by atoms with Crippen molar-refractivity contribution in [2.75, 3.05) is 14.2 Å². The van der Waals surface area contributed by atoms with Gasteiger partial charge in [-0.25, -0.2) is 0 Å². The lowest BCUT2D eigenvalue weighted by Gasteiger charge is -2.09. The van der Waals surface area contributed by atoms with Gasteiger partial charge in [-0.3, -0.25) is 4.57 Å². The van der Waals surface area contributed by atoms with E-state index < -0.39 is 0 Å². The van der Waals surface area contributed by atoms with E-state index in [4.69, 9.17) is 30.6 Å². The van der Waals surface area contributed by atoms with Gasteiger partial charge in [0.05, 0.1) is 25.3 Å². The quantitative estimate of drug-likeness (QED) is 0.213. The number of rotatable bonds is 6. The molecule has 7 aromatic rings. The number of methoxy groups -OCH3 is 2. The van der Waals surface area contributed by atoms with E-state index in [1.54, 1.807) is 12.1 Å². The number of para-hydroxylation sites is 1. The summed E-state index contributed by atoms with van der Waals surface area (Å²) in [6.07, 6.45) is 0. The fourth-order valence-electron chi connectivity index (χ4n) is 4.94. The number of phenols is 1. The molecule has 0 radical (unpaired) electrons. The molecule has 0 amide bonds. The summed E-state index contributed by atoms with van der Waals surface area (Å²) in [6, 6.07) is 27.1. The highest BCUT2D eigenvalue weighted by molar-refractivity contribution is 7.08. The van der Waals surface area contributed by atoms with Crippen molar-refractivity contribution in [3.8, 4) is 56.3 Å². The van der Waals surface area contributed by atoms with E-state index in [1.807, 2.05) is 48.5 Å². The molecule has 3 aromatic heterocycles. The maximum Gasteiger partial charge on any atom is 0.214 e. The lowest BCUT2D eigenvalue weighted by molar-refractivity contribution is 0.340. The number of nitrogens with zero attached hydrogens (tertiary/aromatic N) is 4. The Bertz CT molecular complexity index is 2040. The van der Waals surface area contributed by atoms with Crippen LogP contribution in [0.3, 0.4) is 0 Å². The lowest BCUT2D eigenvalue weighted by Crippen LogP contribution is -1.93. The first-order chi connectivity index (χ1) is 20.0. The fourth-order valence-corrected chi connectivity index (χ4v) is 5.79. The Morgan fingerprint density at radius 2 is 1.51 bits per heavy atom. The van der Waals surface area contributed by atoms with Crippen LogP contribution in [0.2, 0.25) is 5.02 Å². The standard InChI is InChI=1S/C31H21ClN4O4S/c1-38-27-14-19(15-28(39-2)29(27)37)23-16-26(40-34-23)18-9-12-25-22(13-18)21-5-3-4-6-24(21)36(25)31-33-30(35-41-31)17-7-10-20(32)11-8-17/h3-16,37H,1-2H3. The number of aromatic nitrogens is 4. The number of aromatic hydroxyl groups is 1. The van der Waals surface area contributed by atoms with Crippen LogP contribution in [-0.2, 0) is 0 Å². The number of ether oxygens (including phenoxy) is 2. The highest BCUT2D eigenvalue weighted by Gasteiger charge is 2.19. The molecule has 4 aromatic carbocycles. The number of fused-ring (bicyclic) bond motifs is 3. The fraction of sp³-hybridized carbons (Fsp3) is 0.0645. The largest absolute Gasteiger partial charge is 0.502 e. The van der Waals surface area contributed by atoms with E-state index in [0.717, 1.165) is 38.1 Å². The van der Waals surface area contributed by atoms with Gasteiger partial charge < -0.3 is 19.1 Å². The van der Waals surface area contributed by atoms with Crippen LogP contribution in [0.15, 0.2) is 89.5 Å². The maximum absolute atomic E-state index is 10.3. The number of benzene rings is 4. The van der Waals surface area contributed by atoms with Gasteiger partial charge in [-0.15, -0.1) is 0 Å². The SMILES string of the molecule is COc1cc(-c2cc(-c3ccc4c(c3)c3ccccc3n4-c3nc(-c4ccc(Cl)cc4)ns3)on2)cc(OC)c1O. The summed E-state index contributed by atoms with van der Waals surface area (Å²) in [5.74, 6) is 1.76. The van der Waals surface area contributed by atoms with Gasteiger partial charge in [0, 0.05) is 50.1 Å². The zero-order valence-corrected chi connectivity index (χ0v) is 23.4. The summed E-state index contributed by atoms with van der Waals surface area (Å²) < 4.78 is 23.1. The van der Waals surface area contributed by atoms with Gasteiger partial charge in [0.1, 0.15) is 5.69 Å². The summed E-state index contributed by atoms with van der Waals surface area (Å²) in [7, 11) is 2.97. The molecule has 10 heteroatoms. The summed E-state index contributed by atoms with van der Waals surface area (Å²) in [5.41, 5.74) is 5.09. The number of hydrogen-bond acceptors (Lipinski definition) is 8. The molecule has 3 heterocycles. The molecule has 0 aliphatic rings. The summed E-state index contributed by atoms with van der Waals surface area (Å²) >= 11 is 7.41.